The molecule has 0 amide bonds. The summed E-state index contributed by atoms with van der Waals surface area (Å²) in [5.74, 6) is 0.710. The summed E-state index contributed by atoms with van der Waals surface area (Å²) in [6, 6.07) is 3.55. The molecule has 1 aromatic rings. The normalized spacial score (nSPS) is 20.8. The summed E-state index contributed by atoms with van der Waals surface area (Å²) in [6.45, 7) is 0.730. The van der Waals surface area contributed by atoms with Gasteiger partial charge in [0.2, 0.25) is 10.0 Å². The summed E-state index contributed by atoms with van der Waals surface area (Å²) >= 11 is 1.91. The number of pyridine rings is 1. The second-order valence-electron chi connectivity index (χ2n) is 5.60. The van der Waals surface area contributed by atoms with E-state index in [0.29, 0.717) is 23.8 Å². The first-order valence-electron chi connectivity index (χ1n) is 7.95. The first-order chi connectivity index (χ1) is 11.5. The number of halogens is 1. The SMILES string of the molecule is CN=C(NCCNS(=O)(=O)c1cccnc1)NC1CCC(SC)C1.I. The van der Waals surface area contributed by atoms with Gasteiger partial charge in [-0.3, -0.25) is 9.98 Å². The molecule has 7 nitrogen and oxygen atoms in total. The van der Waals surface area contributed by atoms with Crippen LogP contribution in [0.4, 0.5) is 0 Å². The van der Waals surface area contributed by atoms with Crippen molar-refractivity contribution in [2.45, 2.75) is 35.4 Å². The van der Waals surface area contributed by atoms with Gasteiger partial charge in [0.05, 0.1) is 0 Å². The standard InChI is InChI=1S/C15H25N5O2S2.HI/c1-16-15(20-12-5-6-13(10-12)23-2)18-8-9-19-24(21,22)14-4-3-7-17-11-14;/h3-4,7,11-13,19H,5-6,8-10H2,1-2H3,(H2,16,18,20);1H. The molecule has 0 bridgehead atoms. The van der Waals surface area contributed by atoms with E-state index in [2.05, 4.69) is 31.6 Å². The number of aromatic nitrogens is 1. The van der Waals surface area contributed by atoms with Crippen LogP contribution in [0.25, 0.3) is 0 Å². The molecule has 2 rings (SSSR count). The van der Waals surface area contributed by atoms with Crippen LogP contribution in [0.3, 0.4) is 0 Å². The lowest BCUT2D eigenvalue weighted by Gasteiger charge is -2.17. The molecule has 0 aromatic carbocycles. The van der Waals surface area contributed by atoms with Gasteiger partial charge in [-0.2, -0.15) is 11.8 Å². The summed E-state index contributed by atoms with van der Waals surface area (Å²) in [5, 5.41) is 7.26. The van der Waals surface area contributed by atoms with Crippen molar-refractivity contribution >= 4 is 51.7 Å². The quantitative estimate of drug-likeness (QED) is 0.228. The second-order valence-corrected chi connectivity index (χ2v) is 8.50. The van der Waals surface area contributed by atoms with Crippen molar-refractivity contribution in [3.63, 3.8) is 0 Å². The number of hydrogen-bond acceptors (Lipinski definition) is 5. The van der Waals surface area contributed by atoms with Crippen LogP contribution >= 0.6 is 35.7 Å². The highest BCUT2D eigenvalue weighted by Crippen LogP contribution is 2.27. The van der Waals surface area contributed by atoms with E-state index in [-0.39, 0.29) is 35.4 Å². The predicted molar refractivity (Wildman–Crippen MR) is 114 cm³/mol. The monoisotopic (exact) mass is 499 g/mol. The first-order valence-corrected chi connectivity index (χ1v) is 10.7. The van der Waals surface area contributed by atoms with E-state index in [1.807, 2.05) is 11.8 Å². The molecule has 1 aliphatic rings. The third-order valence-corrected chi connectivity index (χ3v) is 6.48. The smallest absolute Gasteiger partial charge is 0.242 e. The van der Waals surface area contributed by atoms with E-state index in [4.69, 9.17) is 0 Å². The van der Waals surface area contributed by atoms with Gasteiger partial charge in [0, 0.05) is 43.8 Å². The lowest BCUT2D eigenvalue weighted by molar-refractivity contribution is 0.578. The summed E-state index contributed by atoms with van der Waals surface area (Å²) in [6.07, 6.45) is 8.52. The molecule has 2 atom stereocenters. The predicted octanol–water partition coefficient (Wildman–Crippen LogP) is 1.43. The van der Waals surface area contributed by atoms with Gasteiger partial charge >= 0.3 is 0 Å². The molecule has 25 heavy (non-hydrogen) atoms. The number of nitrogens with zero attached hydrogens (tertiary/aromatic N) is 2. The molecule has 1 aromatic heterocycles. The van der Waals surface area contributed by atoms with Crippen LogP contribution in [-0.2, 0) is 10.0 Å². The average molecular weight is 499 g/mol. The van der Waals surface area contributed by atoms with Gasteiger partial charge in [-0.25, -0.2) is 13.1 Å². The van der Waals surface area contributed by atoms with Gasteiger partial charge in [-0.05, 0) is 37.7 Å². The Hall–Kier alpha value is -0.590. The molecule has 1 heterocycles. The number of aliphatic imine (C=N–C) groups is 1. The van der Waals surface area contributed by atoms with Gasteiger partial charge in [0.1, 0.15) is 4.90 Å². The van der Waals surface area contributed by atoms with E-state index in [1.165, 1.54) is 18.7 Å². The Morgan fingerprint density at radius 1 is 1.40 bits per heavy atom. The fraction of sp³-hybridized carbons (Fsp3) is 0.600. The number of sulfonamides is 1. The van der Waals surface area contributed by atoms with Crippen LogP contribution in [0.1, 0.15) is 19.3 Å². The lowest BCUT2D eigenvalue weighted by Crippen LogP contribution is -2.45. The fourth-order valence-corrected chi connectivity index (χ4v) is 4.42. The minimum Gasteiger partial charge on any atom is -0.355 e. The van der Waals surface area contributed by atoms with Crippen molar-refractivity contribution in [1.82, 2.24) is 20.3 Å². The van der Waals surface area contributed by atoms with Crippen LogP contribution in [-0.4, -0.2) is 57.0 Å². The molecule has 142 valence electrons. The molecule has 1 saturated carbocycles. The third kappa shape index (κ3) is 7.27. The van der Waals surface area contributed by atoms with Crippen molar-refractivity contribution in [3.05, 3.63) is 24.5 Å². The van der Waals surface area contributed by atoms with E-state index in [0.717, 1.165) is 12.8 Å². The Bertz CT molecular complexity index is 643. The Labute approximate surface area is 171 Å². The number of hydrogen-bond donors (Lipinski definition) is 3. The molecular formula is C15H26IN5O2S2. The average Bonchev–Trinajstić information content (AvgIpc) is 3.06. The maximum atomic E-state index is 12.1. The first kappa shape index (κ1) is 22.5. The van der Waals surface area contributed by atoms with Gasteiger partial charge in [-0.1, -0.05) is 0 Å². The van der Waals surface area contributed by atoms with E-state index in [1.54, 1.807) is 19.3 Å². The van der Waals surface area contributed by atoms with Crippen molar-refractivity contribution in [2.75, 3.05) is 26.4 Å². The van der Waals surface area contributed by atoms with Crippen molar-refractivity contribution < 1.29 is 8.42 Å². The third-order valence-electron chi connectivity index (χ3n) is 3.94. The lowest BCUT2D eigenvalue weighted by atomic mass is 10.2. The minimum absolute atomic E-state index is 0. The van der Waals surface area contributed by atoms with Gasteiger partial charge in [0.15, 0.2) is 5.96 Å². The van der Waals surface area contributed by atoms with Crippen LogP contribution in [0.15, 0.2) is 34.4 Å². The molecule has 0 aliphatic heterocycles. The summed E-state index contributed by atoms with van der Waals surface area (Å²) in [5.41, 5.74) is 0. The van der Waals surface area contributed by atoms with E-state index in [9.17, 15) is 8.42 Å². The Kier molecular flexibility index (Phi) is 10.1. The zero-order valence-electron chi connectivity index (χ0n) is 14.4. The largest absolute Gasteiger partial charge is 0.355 e. The molecule has 10 heteroatoms. The van der Waals surface area contributed by atoms with Gasteiger partial charge in [-0.15, -0.1) is 24.0 Å². The van der Waals surface area contributed by atoms with Crippen LogP contribution < -0.4 is 15.4 Å². The number of guanidine groups is 1. The molecular weight excluding hydrogens is 473 g/mol. The van der Waals surface area contributed by atoms with Crippen molar-refractivity contribution in [2.24, 2.45) is 4.99 Å². The minimum atomic E-state index is -3.51. The highest BCUT2D eigenvalue weighted by molar-refractivity contribution is 14.0. The van der Waals surface area contributed by atoms with Crippen LogP contribution in [0.2, 0.25) is 0 Å². The summed E-state index contributed by atoms with van der Waals surface area (Å²) in [7, 11) is -1.80. The van der Waals surface area contributed by atoms with Gasteiger partial charge in [0.25, 0.3) is 0 Å². The van der Waals surface area contributed by atoms with Crippen molar-refractivity contribution in [1.29, 1.82) is 0 Å². The molecule has 0 spiro atoms. The molecule has 3 N–H and O–H groups in total. The maximum Gasteiger partial charge on any atom is 0.242 e. The zero-order chi connectivity index (χ0) is 17.4. The van der Waals surface area contributed by atoms with E-state index < -0.39 is 10.0 Å². The molecule has 0 radical (unpaired) electrons. The molecule has 1 fully saturated rings. The second kappa shape index (κ2) is 11.2. The van der Waals surface area contributed by atoms with Gasteiger partial charge < -0.3 is 10.6 Å². The Balaban J connectivity index is 0.00000312. The molecule has 2 unspecified atom stereocenters. The highest BCUT2D eigenvalue weighted by atomic mass is 127. The zero-order valence-corrected chi connectivity index (χ0v) is 18.4. The van der Waals surface area contributed by atoms with Crippen LogP contribution in [0.5, 0.6) is 0 Å². The number of rotatable bonds is 7. The fourth-order valence-electron chi connectivity index (χ4n) is 2.63. The molecule has 1 aliphatic carbocycles. The Morgan fingerprint density at radius 2 is 2.20 bits per heavy atom. The Morgan fingerprint density at radius 3 is 2.80 bits per heavy atom. The van der Waals surface area contributed by atoms with E-state index >= 15 is 0 Å². The topological polar surface area (TPSA) is 95.5 Å². The summed E-state index contributed by atoms with van der Waals surface area (Å²) in [4.78, 5) is 8.19. The highest BCUT2D eigenvalue weighted by Gasteiger charge is 2.24. The number of nitrogens with one attached hydrogen (secondary N) is 3. The summed E-state index contributed by atoms with van der Waals surface area (Å²) < 4.78 is 26.7. The maximum absolute atomic E-state index is 12.1. The molecule has 0 saturated heterocycles. The number of thioether (sulfide) groups is 1. The van der Waals surface area contributed by atoms with Crippen molar-refractivity contribution in [3.8, 4) is 0 Å². The van der Waals surface area contributed by atoms with Crippen LogP contribution in [0, 0.1) is 0 Å².